The molecule has 0 aliphatic carbocycles. The number of unbranched alkanes of at least 4 members (excludes halogenated alkanes) is 1. The molecule has 0 rings (SSSR count). The molecule has 74 valence electrons. The summed E-state index contributed by atoms with van der Waals surface area (Å²) in [7, 11) is 0. The van der Waals surface area contributed by atoms with Crippen molar-refractivity contribution in [2.24, 2.45) is 5.92 Å². The van der Waals surface area contributed by atoms with Crippen molar-refractivity contribution < 1.29 is 9.13 Å². The summed E-state index contributed by atoms with van der Waals surface area (Å²) in [6, 6.07) is 0. The average molecular weight is 176 g/mol. The van der Waals surface area contributed by atoms with Crippen LogP contribution in [0, 0.1) is 5.92 Å². The summed E-state index contributed by atoms with van der Waals surface area (Å²) in [6.07, 6.45) is 3.24. The molecule has 2 atom stereocenters. The molecular weight excluding hydrogens is 155 g/mol. The van der Waals surface area contributed by atoms with E-state index >= 15 is 0 Å². The number of alkyl halides is 1. The fraction of sp³-hybridized carbons (Fsp3) is 1.00. The van der Waals surface area contributed by atoms with Gasteiger partial charge in [-0.2, -0.15) is 0 Å². The van der Waals surface area contributed by atoms with Gasteiger partial charge in [0.2, 0.25) is 0 Å². The molecule has 0 aromatic carbocycles. The van der Waals surface area contributed by atoms with Crippen LogP contribution in [0.25, 0.3) is 0 Å². The third kappa shape index (κ3) is 4.70. The lowest BCUT2D eigenvalue weighted by Crippen LogP contribution is -2.23. The second kappa shape index (κ2) is 7.53. The summed E-state index contributed by atoms with van der Waals surface area (Å²) in [4.78, 5) is 0. The maximum Gasteiger partial charge on any atom is 0.0944 e. The summed E-state index contributed by atoms with van der Waals surface area (Å²) in [5.74, 6) is 0.0480. The largest absolute Gasteiger partial charge is 0.378 e. The Morgan fingerprint density at radius 1 is 1.33 bits per heavy atom. The van der Waals surface area contributed by atoms with Gasteiger partial charge in [0.05, 0.1) is 12.8 Å². The zero-order valence-electron chi connectivity index (χ0n) is 8.48. The van der Waals surface area contributed by atoms with Crippen molar-refractivity contribution >= 4 is 0 Å². The van der Waals surface area contributed by atoms with Gasteiger partial charge in [0.15, 0.2) is 0 Å². The van der Waals surface area contributed by atoms with Gasteiger partial charge < -0.3 is 4.74 Å². The van der Waals surface area contributed by atoms with E-state index in [1.165, 1.54) is 0 Å². The first-order chi connectivity index (χ1) is 5.76. The van der Waals surface area contributed by atoms with Gasteiger partial charge in [0, 0.05) is 12.5 Å². The van der Waals surface area contributed by atoms with Crippen molar-refractivity contribution in [2.45, 2.75) is 46.1 Å². The number of rotatable bonds is 7. The van der Waals surface area contributed by atoms with Crippen molar-refractivity contribution in [3.8, 4) is 0 Å². The Morgan fingerprint density at radius 3 is 2.42 bits per heavy atom. The van der Waals surface area contributed by atoms with Gasteiger partial charge in [-0.05, 0) is 12.8 Å². The second-order valence-corrected chi connectivity index (χ2v) is 3.30. The van der Waals surface area contributed by atoms with Crippen LogP contribution in [-0.2, 0) is 4.74 Å². The summed E-state index contributed by atoms with van der Waals surface area (Å²) in [6.45, 7) is 6.58. The van der Waals surface area contributed by atoms with E-state index in [9.17, 15) is 4.39 Å². The lowest BCUT2D eigenvalue weighted by molar-refractivity contribution is 0.00672. The standard InChI is InChI=1S/C10H21FO/c1-4-6-7-12-10(5-2)9(3)8-11/h9-10H,4-8H2,1-3H3. The van der Waals surface area contributed by atoms with Crippen molar-refractivity contribution in [3.05, 3.63) is 0 Å². The monoisotopic (exact) mass is 176 g/mol. The zero-order valence-corrected chi connectivity index (χ0v) is 8.48. The van der Waals surface area contributed by atoms with Crippen LogP contribution in [0.1, 0.15) is 40.0 Å². The molecule has 0 fully saturated rings. The molecule has 0 aliphatic heterocycles. The normalized spacial score (nSPS) is 16.0. The van der Waals surface area contributed by atoms with E-state index < -0.39 is 0 Å². The van der Waals surface area contributed by atoms with E-state index in [1.807, 2.05) is 13.8 Å². The van der Waals surface area contributed by atoms with E-state index in [-0.39, 0.29) is 18.7 Å². The Bertz CT molecular complexity index is 95.8. The van der Waals surface area contributed by atoms with Crippen LogP contribution in [0.15, 0.2) is 0 Å². The maximum atomic E-state index is 12.3. The molecule has 0 amide bonds. The number of hydrogen-bond acceptors (Lipinski definition) is 1. The Kier molecular flexibility index (Phi) is 7.47. The second-order valence-electron chi connectivity index (χ2n) is 3.30. The molecule has 0 bridgehead atoms. The molecule has 0 aromatic heterocycles. The number of ether oxygens (including phenoxy) is 1. The zero-order chi connectivity index (χ0) is 9.40. The van der Waals surface area contributed by atoms with Crippen LogP contribution in [0.2, 0.25) is 0 Å². The summed E-state index contributed by atoms with van der Waals surface area (Å²) in [5, 5.41) is 0. The number of hydrogen-bond donors (Lipinski definition) is 0. The average Bonchev–Trinajstić information content (AvgIpc) is 2.11. The van der Waals surface area contributed by atoms with Gasteiger partial charge in [-0.25, -0.2) is 0 Å². The van der Waals surface area contributed by atoms with Crippen LogP contribution < -0.4 is 0 Å². The smallest absolute Gasteiger partial charge is 0.0944 e. The highest BCUT2D eigenvalue weighted by molar-refractivity contribution is 4.63. The van der Waals surface area contributed by atoms with Gasteiger partial charge in [0.1, 0.15) is 0 Å². The molecule has 2 heteroatoms. The van der Waals surface area contributed by atoms with E-state index in [1.54, 1.807) is 0 Å². The van der Waals surface area contributed by atoms with Gasteiger partial charge in [0.25, 0.3) is 0 Å². The fourth-order valence-corrected chi connectivity index (χ4v) is 1.16. The van der Waals surface area contributed by atoms with Crippen LogP contribution in [-0.4, -0.2) is 19.4 Å². The molecular formula is C10H21FO. The molecule has 0 N–H and O–H groups in total. The minimum Gasteiger partial charge on any atom is -0.378 e. The van der Waals surface area contributed by atoms with Crippen molar-refractivity contribution in [2.75, 3.05) is 13.3 Å². The molecule has 2 unspecified atom stereocenters. The molecule has 0 saturated carbocycles. The summed E-state index contributed by atoms with van der Waals surface area (Å²) in [5.41, 5.74) is 0. The minimum absolute atomic E-state index is 0.0480. The molecule has 12 heavy (non-hydrogen) atoms. The Balaban J connectivity index is 3.52. The van der Waals surface area contributed by atoms with E-state index in [0.717, 1.165) is 25.9 Å². The highest BCUT2D eigenvalue weighted by atomic mass is 19.1. The first kappa shape index (κ1) is 11.9. The minimum atomic E-state index is -0.273. The van der Waals surface area contributed by atoms with Crippen LogP contribution in [0.3, 0.4) is 0 Å². The van der Waals surface area contributed by atoms with E-state index in [2.05, 4.69) is 6.92 Å². The lowest BCUT2D eigenvalue weighted by atomic mass is 10.0. The Morgan fingerprint density at radius 2 is 2.00 bits per heavy atom. The number of halogens is 1. The lowest BCUT2D eigenvalue weighted by Gasteiger charge is -2.20. The van der Waals surface area contributed by atoms with Crippen molar-refractivity contribution in [1.82, 2.24) is 0 Å². The van der Waals surface area contributed by atoms with Crippen LogP contribution >= 0.6 is 0 Å². The van der Waals surface area contributed by atoms with E-state index in [4.69, 9.17) is 4.74 Å². The molecule has 0 spiro atoms. The third-order valence-corrected chi connectivity index (χ3v) is 2.11. The maximum absolute atomic E-state index is 12.3. The predicted octanol–water partition coefficient (Wildman–Crippen LogP) is 3.19. The molecule has 0 aromatic rings. The predicted molar refractivity (Wildman–Crippen MR) is 50.1 cm³/mol. The summed E-state index contributed by atoms with van der Waals surface area (Å²) < 4.78 is 17.8. The van der Waals surface area contributed by atoms with Gasteiger partial charge in [-0.1, -0.05) is 27.2 Å². The van der Waals surface area contributed by atoms with Crippen molar-refractivity contribution in [1.29, 1.82) is 0 Å². The van der Waals surface area contributed by atoms with Gasteiger partial charge in [-0.3, -0.25) is 4.39 Å². The quantitative estimate of drug-likeness (QED) is 0.541. The molecule has 0 radical (unpaired) electrons. The molecule has 1 nitrogen and oxygen atoms in total. The topological polar surface area (TPSA) is 9.23 Å². The molecule has 0 saturated heterocycles. The Labute approximate surface area is 75.3 Å². The first-order valence-electron chi connectivity index (χ1n) is 4.93. The van der Waals surface area contributed by atoms with Crippen molar-refractivity contribution in [3.63, 3.8) is 0 Å². The van der Waals surface area contributed by atoms with E-state index in [0.29, 0.717) is 0 Å². The SMILES string of the molecule is CCCCOC(CC)C(C)CF. The van der Waals surface area contributed by atoms with Crippen LogP contribution in [0.4, 0.5) is 4.39 Å². The molecule has 0 heterocycles. The van der Waals surface area contributed by atoms with Gasteiger partial charge >= 0.3 is 0 Å². The fourth-order valence-electron chi connectivity index (χ4n) is 1.16. The first-order valence-corrected chi connectivity index (χ1v) is 4.93. The highest BCUT2D eigenvalue weighted by Crippen LogP contribution is 2.12. The van der Waals surface area contributed by atoms with Gasteiger partial charge in [-0.15, -0.1) is 0 Å². The van der Waals surface area contributed by atoms with Crippen LogP contribution in [0.5, 0.6) is 0 Å². The Hall–Kier alpha value is -0.110. The molecule has 0 aliphatic rings. The summed E-state index contributed by atoms with van der Waals surface area (Å²) >= 11 is 0. The third-order valence-electron chi connectivity index (χ3n) is 2.11. The highest BCUT2D eigenvalue weighted by Gasteiger charge is 2.14.